The maximum Gasteiger partial charge on any atom is 0.224 e. The van der Waals surface area contributed by atoms with Gasteiger partial charge in [-0.15, -0.1) is 11.3 Å². The van der Waals surface area contributed by atoms with Gasteiger partial charge in [0, 0.05) is 18.0 Å². The van der Waals surface area contributed by atoms with Crippen LogP contribution in [-0.2, 0) is 15.1 Å². The molecule has 0 spiro atoms. The zero-order chi connectivity index (χ0) is 15.3. The molecule has 22 heavy (non-hydrogen) atoms. The molecule has 118 valence electrons. The van der Waals surface area contributed by atoms with Gasteiger partial charge in [-0.05, 0) is 24.1 Å². The first-order valence-corrected chi connectivity index (χ1v) is 8.38. The minimum atomic E-state index is -0.899. The van der Waals surface area contributed by atoms with Gasteiger partial charge in [0.25, 0.3) is 0 Å². The first-order valence-electron chi connectivity index (χ1n) is 7.18. The summed E-state index contributed by atoms with van der Waals surface area (Å²) < 4.78 is 11.6. The quantitative estimate of drug-likeness (QED) is 0.839. The molecule has 0 amide bonds. The summed E-state index contributed by atoms with van der Waals surface area (Å²) in [6.45, 7) is 5.54. The minimum Gasteiger partial charge on any atom is -0.379 e. The second kappa shape index (κ2) is 5.28. The summed E-state index contributed by atoms with van der Waals surface area (Å²) in [6, 6.07) is 0. The molecule has 2 fully saturated rings. The van der Waals surface area contributed by atoms with Gasteiger partial charge in [-0.2, -0.15) is 4.98 Å². The second-order valence-electron chi connectivity index (χ2n) is 5.67. The van der Waals surface area contributed by atoms with Crippen LogP contribution in [0.15, 0.2) is 0 Å². The van der Waals surface area contributed by atoms with Crippen LogP contribution in [-0.4, -0.2) is 54.6 Å². The molecule has 4 heterocycles. The second-order valence-corrected chi connectivity index (χ2v) is 7.03. The molecular formula is C14H16ClN3O3S. The molecule has 6 nitrogen and oxygen atoms in total. The molecule has 0 aromatic carbocycles. The Morgan fingerprint density at radius 3 is 2.59 bits per heavy atom. The van der Waals surface area contributed by atoms with E-state index in [-0.39, 0.29) is 5.28 Å². The van der Waals surface area contributed by atoms with Gasteiger partial charge >= 0.3 is 0 Å². The summed E-state index contributed by atoms with van der Waals surface area (Å²) in [5, 5.41) is 10.8. The highest BCUT2D eigenvalue weighted by Gasteiger charge is 2.41. The SMILES string of the molecule is Cc1c(C2(O)COC2)sc2c(N3CCOCC3)nc(Cl)nc12. The predicted octanol–water partition coefficient (Wildman–Crippen LogP) is 1.71. The molecule has 0 saturated carbocycles. The fourth-order valence-electron chi connectivity index (χ4n) is 2.91. The number of aliphatic hydroxyl groups is 1. The Morgan fingerprint density at radius 2 is 1.95 bits per heavy atom. The van der Waals surface area contributed by atoms with Crippen molar-refractivity contribution in [1.82, 2.24) is 9.97 Å². The third kappa shape index (κ3) is 2.19. The molecule has 4 rings (SSSR count). The molecule has 2 aromatic heterocycles. The molecule has 8 heteroatoms. The van der Waals surface area contributed by atoms with Gasteiger partial charge in [0.1, 0.15) is 5.60 Å². The van der Waals surface area contributed by atoms with Gasteiger partial charge in [-0.1, -0.05) is 0 Å². The van der Waals surface area contributed by atoms with E-state index in [1.807, 2.05) is 6.92 Å². The zero-order valence-corrected chi connectivity index (χ0v) is 13.7. The van der Waals surface area contributed by atoms with E-state index in [1.165, 1.54) is 11.3 Å². The number of fused-ring (bicyclic) bond motifs is 1. The first-order chi connectivity index (χ1) is 10.6. The molecule has 2 aliphatic heterocycles. The number of thiophene rings is 1. The van der Waals surface area contributed by atoms with Gasteiger partial charge in [-0.3, -0.25) is 0 Å². The predicted molar refractivity (Wildman–Crippen MR) is 84.9 cm³/mol. The van der Waals surface area contributed by atoms with E-state index in [1.54, 1.807) is 0 Å². The van der Waals surface area contributed by atoms with Crippen LogP contribution in [0.2, 0.25) is 5.28 Å². The zero-order valence-electron chi connectivity index (χ0n) is 12.1. The lowest BCUT2D eigenvalue weighted by atomic mass is 9.97. The summed E-state index contributed by atoms with van der Waals surface area (Å²) in [5.41, 5.74) is 0.885. The van der Waals surface area contributed by atoms with Crippen LogP contribution in [0.4, 0.5) is 5.82 Å². The molecule has 1 N–H and O–H groups in total. The number of ether oxygens (including phenoxy) is 2. The molecular weight excluding hydrogens is 326 g/mol. The van der Waals surface area contributed by atoms with E-state index >= 15 is 0 Å². The van der Waals surface area contributed by atoms with Crippen molar-refractivity contribution in [2.75, 3.05) is 44.4 Å². The van der Waals surface area contributed by atoms with Crippen molar-refractivity contribution in [3.8, 4) is 0 Å². The number of aryl methyl sites for hydroxylation is 1. The number of anilines is 1. The van der Waals surface area contributed by atoms with Crippen molar-refractivity contribution in [3.05, 3.63) is 15.7 Å². The molecule has 0 bridgehead atoms. The van der Waals surface area contributed by atoms with Crippen molar-refractivity contribution in [1.29, 1.82) is 0 Å². The summed E-state index contributed by atoms with van der Waals surface area (Å²) in [5.74, 6) is 0.835. The average molecular weight is 342 g/mol. The Labute approximate surface area is 136 Å². The van der Waals surface area contributed by atoms with Gasteiger partial charge in [0.15, 0.2) is 5.82 Å². The Bertz CT molecular complexity index is 726. The molecule has 0 unspecified atom stereocenters. The average Bonchev–Trinajstić information content (AvgIpc) is 2.83. The lowest BCUT2D eigenvalue weighted by Gasteiger charge is -2.36. The summed E-state index contributed by atoms with van der Waals surface area (Å²) in [6.07, 6.45) is 0. The lowest BCUT2D eigenvalue weighted by molar-refractivity contribution is -0.182. The van der Waals surface area contributed by atoms with Gasteiger partial charge in [-0.25, -0.2) is 4.98 Å². The van der Waals surface area contributed by atoms with Crippen molar-refractivity contribution >= 4 is 39.0 Å². The lowest BCUT2D eigenvalue weighted by Crippen LogP contribution is -2.46. The van der Waals surface area contributed by atoms with Crippen LogP contribution in [0.25, 0.3) is 10.2 Å². The Kier molecular flexibility index (Phi) is 3.50. The Balaban J connectivity index is 1.88. The molecule has 2 aliphatic rings. The highest BCUT2D eigenvalue weighted by Crippen LogP contribution is 2.43. The van der Waals surface area contributed by atoms with Gasteiger partial charge < -0.3 is 19.5 Å². The number of morpholine rings is 1. The van der Waals surface area contributed by atoms with Crippen molar-refractivity contribution in [2.24, 2.45) is 0 Å². The highest BCUT2D eigenvalue weighted by atomic mass is 35.5. The molecule has 0 aliphatic carbocycles. The number of hydrogen-bond acceptors (Lipinski definition) is 7. The number of aromatic nitrogens is 2. The number of rotatable bonds is 2. The van der Waals surface area contributed by atoms with Crippen molar-refractivity contribution in [2.45, 2.75) is 12.5 Å². The van der Waals surface area contributed by atoms with Crippen molar-refractivity contribution < 1.29 is 14.6 Å². The topological polar surface area (TPSA) is 67.7 Å². The van der Waals surface area contributed by atoms with Crippen LogP contribution < -0.4 is 4.90 Å². The van der Waals surface area contributed by atoms with E-state index in [0.29, 0.717) is 26.4 Å². The summed E-state index contributed by atoms with van der Waals surface area (Å²) >= 11 is 7.66. The van der Waals surface area contributed by atoms with Crippen molar-refractivity contribution in [3.63, 3.8) is 0 Å². The number of hydrogen-bond donors (Lipinski definition) is 1. The standard InChI is InChI=1S/C14H16ClN3O3S/c1-8-9-10(22-11(8)14(19)6-21-7-14)12(17-13(15)16-9)18-2-4-20-5-3-18/h19H,2-7H2,1H3. The normalized spacial score (nSPS) is 21.1. The van der Waals surface area contributed by atoms with Crippen LogP contribution in [0, 0.1) is 6.92 Å². The Morgan fingerprint density at radius 1 is 1.23 bits per heavy atom. The maximum absolute atomic E-state index is 10.6. The Hall–Kier alpha value is -0.990. The smallest absolute Gasteiger partial charge is 0.224 e. The summed E-state index contributed by atoms with van der Waals surface area (Å²) in [7, 11) is 0. The molecule has 0 atom stereocenters. The van der Waals surface area contributed by atoms with Crippen LogP contribution in [0.3, 0.4) is 0 Å². The van der Waals surface area contributed by atoms with Crippen LogP contribution in [0.1, 0.15) is 10.4 Å². The fraction of sp³-hybridized carbons (Fsp3) is 0.571. The molecule has 2 saturated heterocycles. The third-order valence-electron chi connectivity index (χ3n) is 4.14. The van der Waals surface area contributed by atoms with E-state index < -0.39 is 5.60 Å². The third-order valence-corrected chi connectivity index (χ3v) is 5.77. The number of halogens is 1. The van der Waals surface area contributed by atoms with E-state index in [0.717, 1.165) is 39.6 Å². The van der Waals surface area contributed by atoms with E-state index in [2.05, 4.69) is 14.9 Å². The molecule has 2 aromatic rings. The molecule has 0 radical (unpaired) electrons. The minimum absolute atomic E-state index is 0.235. The summed E-state index contributed by atoms with van der Waals surface area (Å²) in [4.78, 5) is 11.9. The maximum atomic E-state index is 10.6. The highest BCUT2D eigenvalue weighted by molar-refractivity contribution is 7.20. The van der Waals surface area contributed by atoms with E-state index in [4.69, 9.17) is 21.1 Å². The number of nitrogens with zero attached hydrogens (tertiary/aromatic N) is 3. The van der Waals surface area contributed by atoms with Gasteiger partial charge in [0.2, 0.25) is 5.28 Å². The van der Waals surface area contributed by atoms with E-state index in [9.17, 15) is 5.11 Å². The first kappa shape index (κ1) is 14.6. The monoisotopic (exact) mass is 341 g/mol. The van der Waals surface area contributed by atoms with Gasteiger partial charge in [0.05, 0.1) is 36.6 Å². The fourth-order valence-corrected chi connectivity index (χ4v) is 4.39. The van der Waals surface area contributed by atoms with Crippen LogP contribution in [0.5, 0.6) is 0 Å². The largest absolute Gasteiger partial charge is 0.379 e. The van der Waals surface area contributed by atoms with Crippen LogP contribution >= 0.6 is 22.9 Å².